The summed E-state index contributed by atoms with van der Waals surface area (Å²) in [6.07, 6.45) is 0.0904. The zero-order valence-corrected chi connectivity index (χ0v) is 12.4. The summed E-state index contributed by atoms with van der Waals surface area (Å²) >= 11 is 0. The van der Waals surface area contributed by atoms with Gasteiger partial charge in [-0.25, -0.2) is 0 Å². The van der Waals surface area contributed by atoms with E-state index in [1.807, 2.05) is 32.0 Å². The van der Waals surface area contributed by atoms with Crippen molar-refractivity contribution in [1.29, 1.82) is 0 Å². The van der Waals surface area contributed by atoms with Crippen LogP contribution in [0.2, 0.25) is 0 Å². The molecule has 0 unspecified atom stereocenters. The van der Waals surface area contributed by atoms with Gasteiger partial charge in [0.2, 0.25) is 0 Å². The first-order chi connectivity index (χ1) is 9.85. The van der Waals surface area contributed by atoms with Gasteiger partial charge in [0.15, 0.2) is 0 Å². The minimum atomic E-state index is -1.28. The van der Waals surface area contributed by atoms with Crippen molar-refractivity contribution in [3.05, 3.63) is 30.3 Å². The van der Waals surface area contributed by atoms with Gasteiger partial charge in [0.1, 0.15) is 5.75 Å². The van der Waals surface area contributed by atoms with Crippen molar-refractivity contribution >= 4 is 11.9 Å². The van der Waals surface area contributed by atoms with Gasteiger partial charge in [-0.1, -0.05) is 32.0 Å². The van der Waals surface area contributed by atoms with Crippen molar-refractivity contribution in [2.75, 3.05) is 6.61 Å². The standard InChI is InChI=1S/C16H22O5/c1-12(2)10-16(15(19)20,11-14(17)18)8-9-21-13-6-4-3-5-7-13/h3-7,12H,8-11H2,1-2H3,(H,17,18)(H,19,20)/t16-/m1/s1. The van der Waals surface area contributed by atoms with Crippen LogP contribution in [0.4, 0.5) is 0 Å². The van der Waals surface area contributed by atoms with E-state index in [-0.39, 0.29) is 18.9 Å². The monoisotopic (exact) mass is 294 g/mol. The molecular weight excluding hydrogens is 272 g/mol. The first-order valence-corrected chi connectivity index (χ1v) is 6.99. The van der Waals surface area contributed by atoms with Gasteiger partial charge in [0, 0.05) is 0 Å². The van der Waals surface area contributed by atoms with E-state index in [1.165, 1.54) is 0 Å². The van der Waals surface area contributed by atoms with E-state index < -0.39 is 23.8 Å². The molecule has 0 fully saturated rings. The van der Waals surface area contributed by atoms with Gasteiger partial charge in [-0.15, -0.1) is 0 Å². The van der Waals surface area contributed by atoms with Gasteiger partial charge in [-0.05, 0) is 30.9 Å². The predicted molar refractivity (Wildman–Crippen MR) is 78.3 cm³/mol. The Bertz CT molecular complexity index is 469. The van der Waals surface area contributed by atoms with Crippen molar-refractivity contribution in [2.24, 2.45) is 11.3 Å². The van der Waals surface area contributed by atoms with E-state index in [4.69, 9.17) is 9.84 Å². The van der Waals surface area contributed by atoms with Crippen LogP contribution < -0.4 is 4.74 Å². The summed E-state index contributed by atoms with van der Waals surface area (Å²) in [6, 6.07) is 9.07. The number of aliphatic carboxylic acids is 2. The van der Waals surface area contributed by atoms with Crippen molar-refractivity contribution in [3.63, 3.8) is 0 Å². The number of carboxylic acids is 2. The van der Waals surface area contributed by atoms with Crippen LogP contribution in [0.1, 0.15) is 33.1 Å². The van der Waals surface area contributed by atoms with Crippen LogP contribution in [0.25, 0.3) is 0 Å². The minimum Gasteiger partial charge on any atom is -0.494 e. The Labute approximate surface area is 124 Å². The number of para-hydroxylation sites is 1. The highest BCUT2D eigenvalue weighted by atomic mass is 16.5. The summed E-state index contributed by atoms with van der Waals surface area (Å²) in [4.78, 5) is 22.6. The SMILES string of the molecule is CC(C)C[C@](CCOc1ccccc1)(CC(=O)O)C(=O)O. The first-order valence-electron chi connectivity index (χ1n) is 6.99. The fourth-order valence-corrected chi connectivity index (χ4v) is 2.48. The maximum Gasteiger partial charge on any atom is 0.310 e. The van der Waals surface area contributed by atoms with E-state index in [9.17, 15) is 14.7 Å². The molecule has 0 aromatic heterocycles. The molecule has 21 heavy (non-hydrogen) atoms. The summed E-state index contributed by atoms with van der Waals surface area (Å²) in [7, 11) is 0. The molecule has 0 aliphatic heterocycles. The third-order valence-electron chi connectivity index (χ3n) is 3.33. The van der Waals surface area contributed by atoms with Gasteiger partial charge in [-0.2, -0.15) is 0 Å². The van der Waals surface area contributed by atoms with Gasteiger partial charge in [-0.3, -0.25) is 9.59 Å². The average Bonchev–Trinajstić information content (AvgIpc) is 2.38. The fraction of sp³-hybridized carbons (Fsp3) is 0.500. The molecule has 5 nitrogen and oxygen atoms in total. The molecule has 0 aliphatic carbocycles. The second-order valence-electron chi connectivity index (χ2n) is 5.67. The minimum absolute atomic E-state index is 0.0946. The number of carbonyl (C=O) groups is 2. The molecule has 1 rings (SSSR count). The van der Waals surface area contributed by atoms with Crippen LogP contribution >= 0.6 is 0 Å². The van der Waals surface area contributed by atoms with Gasteiger partial charge in [0.25, 0.3) is 0 Å². The largest absolute Gasteiger partial charge is 0.494 e. The normalized spacial score (nSPS) is 13.7. The average molecular weight is 294 g/mol. The van der Waals surface area contributed by atoms with Crippen molar-refractivity contribution in [3.8, 4) is 5.75 Å². The highest BCUT2D eigenvalue weighted by molar-refractivity contribution is 5.81. The first kappa shape index (κ1) is 17.0. The highest BCUT2D eigenvalue weighted by Crippen LogP contribution is 2.35. The molecule has 1 aromatic carbocycles. The van der Waals surface area contributed by atoms with Crippen LogP contribution in [0.15, 0.2) is 30.3 Å². The lowest BCUT2D eigenvalue weighted by Crippen LogP contribution is -2.36. The lowest BCUT2D eigenvalue weighted by atomic mass is 9.75. The van der Waals surface area contributed by atoms with Crippen molar-refractivity contribution in [1.82, 2.24) is 0 Å². The topological polar surface area (TPSA) is 83.8 Å². The summed E-state index contributed by atoms with van der Waals surface area (Å²) in [5.74, 6) is -1.43. The molecule has 0 bridgehead atoms. The molecule has 116 valence electrons. The van der Waals surface area contributed by atoms with E-state index in [0.29, 0.717) is 12.2 Å². The summed E-state index contributed by atoms with van der Waals surface area (Å²) < 4.78 is 5.52. The van der Waals surface area contributed by atoms with E-state index in [1.54, 1.807) is 12.1 Å². The van der Waals surface area contributed by atoms with Crippen LogP contribution in [0, 0.1) is 11.3 Å². The van der Waals surface area contributed by atoms with Gasteiger partial charge >= 0.3 is 11.9 Å². The zero-order valence-electron chi connectivity index (χ0n) is 12.4. The predicted octanol–water partition coefficient (Wildman–Crippen LogP) is 3.05. The molecule has 0 spiro atoms. The highest BCUT2D eigenvalue weighted by Gasteiger charge is 2.41. The lowest BCUT2D eigenvalue weighted by Gasteiger charge is -2.29. The molecule has 1 aromatic rings. The number of hydrogen-bond acceptors (Lipinski definition) is 3. The second-order valence-corrected chi connectivity index (χ2v) is 5.67. The Morgan fingerprint density at radius 2 is 1.81 bits per heavy atom. The molecule has 0 amide bonds. The number of hydrogen-bond donors (Lipinski definition) is 2. The van der Waals surface area contributed by atoms with Crippen LogP contribution in [-0.4, -0.2) is 28.8 Å². The van der Waals surface area contributed by atoms with Gasteiger partial charge < -0.3 is 14.9 Å². The van der Waals surface area contributed by atoms with Crippen LogP contribution in [0.3, 0.4) is 0 Å². The number of ether oxygens (including phenoxy) is 1. The Morgan fingerprint density at radius 1 is 1.19 bits per heavy atom. The quantitative estimate of drug-likeness (QED) is 0.731. The summed E-state index contributed by atoms with van der Waals surface area (Å²) in [5, 5.41) is 18.5. The summed E-state index contributed by atoms with van der Waals surface area (Å²) in [6.45, 7) is 3.95. The second kappa shape index (κ2) is 7.67. The zero-order chi connectivity index (χ0) is 15.9. The maximum atomic E-state index is 11.6. The Hall–Kier alpha value is -2.04. The van der Waals surface area contributed by atoms with E-state index >= 15 is 0 Å². The van der Waals surface area contributed by atoms with Crippen LogP contribution in [0.5, 0.6) is 5.75 Å². The number of carboxylic acid groups (broad SMARTS) is 2. The Kier molecular flexibility index (Phi) is 6.21. The molecule has 1 atom stereocenters. The number of benzene rings is 1. The summed E-state index contributed by atoms with van der Waals surface area (Å²) in [5.41, 5.74) is -1.28. The molecule has 0 heterocycles. The van der Waals surface area contributed by atoms with Gasteiger partial charge in [0.05, 0.1) is 18.4 Å². The maximum absolute atomic E-state index is 11.6. The molecule has 5 heteroatoms. The number of rotatable bonds is 9. The van der Waals surface area contributed by atoms with Crippen molar-refractivity contribution < 1.29 is 24.5 Å². The lowest BCUT2D eigenvalue weighted by molar-refractivity contribution is -0.158. The molecule has 2 N–H and O–H groups in total. The van der Waals surface area contributed by atoms with E-state index in [0.717, 1.165) is 0 Å². The Morgan fingerprint density at radius 3 is 2.29 bits per heavy atom. The van der Waals surface area contributed by atoms with Crippen LogP contribution in [-0.2, 0) is 9.59 Å². The molecule has 0 saturated carbocycles. The molecular formula is C16H22O5. The fourth-order valence-electron chi connectivity index (χ4n) is 2.48. The molecule has 0 radical (unpaired) electrons. The molecule has 0 aliphatic rings. The third-order valence-corrected chi connectivity index (χ3v) is 3.33. The van der Waals surface area contributed by atoms with Crippen molar-refractivity contribution in [2.45, 2.75) is 33.1 Å². The van der Waals surface area contributed by atoms with E-state index in [2.05, 4.69) is 0 Å². The third kappa shape index (κ3) is 5.45. The molecule has 0 saturated heterocycles. The Balaban J connectivity index is 2.75. The smallest absolute Gasteiger partial charge is 0.310 e.